The molecule has 1 rings (SSSR count). The minimum absolute atomic E-state index is 0.139. The maximum atomic E-state index is 11.1. The summed E-state index contributed by atoms with van der Waals surface area (Å²) in [6.07, 6.45) is -0.564. The third kappa shape index (κ3) is 2.15. The van der Waals surface area contributed by atoms with Crippen molar-refractivity contribution in [2.24, 2.45) is 0 Å². The van der Waals surface area contributed by atoms with Crippen LogP contribution in [0.5, 0.6) is 0 Å². The van der Waals surface area contributed by atoms with Crippen LogP contribution in [0.15, 0.2) is 23.5 Å². The lowest BCUT2D eigenvalue weighted by Crippen LogP contribution is -2.50. The summed E-state index contributed by atoms with van der Waals surface area (Å²) in [6, 6.07) is 0. The summed E-state index contributed by atoms with van der Waals surface area (Å²) in [5, 5.41) is 32.0. The van der Waals surface area contributed by atoms with E-state index in [4.69, 9.17) is 4.55 Å². The number of allylic oxidation sites excluding steroid dienone is 1. The summed E-state index contributed by atoms with van der Waals surface area (Å²) in [7, 11) is -5.51. The quantitative estimate of drug-likeness (QED) is 0.408. The van der Waals surface area contributed by atoms with Crippen LogP contribution in [0.3, 0.4) is 0 Å². The number of nitrogens with zero attached hydrogens (tertiary/aromatic N) is 3. The molecule has 19 heavy (non-hydrogen) atoms. The number of hydrogen-bond acceptors (Lipinski definition) is 8. The first-order chi connectivity index (χ1) is 8.54. The van der Waals surface area contributed by atoms with Crippen LogP contribution >= 0.6 is 0 Å². The van der Waals surface area contributed by atoms with Crippen LogP contribution in [-0.2, 0) is 10.1 Å². The SMILES string of the molecule is O=[N+]([O-])C1=CCC([N+](=O)[O-])(S(=O)(=O)O)C([N+](=O)[O-])=C1. The molecule has 1 atom stereocenters. The van der Waals surface area contributed by atoms with E-state index in [0.717, 1.165) is 0 Å². The summed E-state index contributed by atoms with van der Waals surface area (Å²) in [5.74, 6) is 0. The smallest absolute Gasteiger partial charge is 0.280 e. The van der Waals surface area contributed by atoms with E-state index in [1.165, 1.54) is 0 Å². The first-order valence-corrected chi connectivity index (χ1v) is 5.80. The van der Waals surface area contributed by atoms with Crippen LogP contribution < -0.4 is 0 Å². The molecule has 0 heterocycles. The molecule has 12 nitrogen and oxygen atoms in total. The first-order valence-electron chi connectivity index (χ1n) is 4.36. The third-order valence-corrected chi connectivity index (χ3v) is 3.78. The van der Waals surface area contributed by atoms with Gasteiger partial charge in [0, 0.05) is 6.08 Å². The number of rotatable bonds is 4. The van der Waals surface area contributed by atoms with E-state index in [1.54, 1.807) is 0 Å². The Balaban J connectivity index is 3.63. The lowest BCUT2D eigenvalue weighted by atomic mass is 10.0. The highest BCUT2D eigenvalue weighted by Gasteiger charge is 2.67. The van der Waals surface area contributed by atoms with Gasteiger partial charge in [-0.3, -0.25) is 34.9 Å². The maximum Gasteiger partial charge on any atom is 0.433 e. The van der Waals surface area contributed by atoms with Crippen LogP contribution in [0, 0.1) is 30.3 Å². The van der Waals surface area contributed by atoms with E-state index in [-0.39, 0.29) is 6.08 Å². The van der Waals surface area contributed by atoms with Gasteiger partial charge in [-0.1, -0.05) is 0 Å². The lowest BCUT2D eigenvalue weighted by Gasteiger charge is -2.19. The zero-order valence-electron chi connectivity index (χ0n) is 8.82. The number of nitro groups is 3. The Hall–Kier alpha value is -2.41. The van der Waals surface area contributed by atoms with Gasteiger partial charge in [-0.15, -0.1) is 0 Å². The first kappa shape index (κ1) is 14.7. The molecule has 0 spiro atoms. The van der Waals surface area contributed by atoms with Crippen LogP contribution in [0.2, 0.25) is 0 Å². The van der Waals surface area contributed by atoms with Crippen molar-refractivity contribution in [2.45, 2.75) is 11.3 Å². The van der Waals surface area contributed by atoms with Crippen molar-refractivity contribution < 1.29 is 27.7 Å². The second kappa shape index (κ2) is 4.36. The molecule has 0 aromatic carbocycles. The zero-order valence-corrected chi connectivity index (χ0v) is 9.64. The molecule has 0 aromatic rings. The molecule has 0 aromatic heterocycles. The van der Waals surface area contributed by atoms with Gasteiger partial charge in [-0.2, -0.15) is 8.42 Å². The number of hydrogen-bond donors (Lipinski definition) is 1. The van der Waals surface area contributed by atoms with Crippen molar-refractivity contribution in [1.82, 2.24) is 0 Å². The Morgan fingerprint density at radius 1 is 1.16 bits per heavy atom. The highest BCUT2D eigenvalue weighted by Crippen LogP contribution is 2.36. The molecule has 0 saturated heterocycles. The van der Waals surface area contributed by atoms with E-state index in [0.29, 0.717) is 6.08 Å². The predicted octanol–water partition coefficient (Wildman–Crippen LogP) is -0.428. The van der Waals surface area contributed by atoms with Gasteiger partial charge in [0.05, 0.1) is 27.3 Å². The van der Waals surface area contributed by atoms with E-state index in [9.17, 15) is 38.8 Å². The van der Waals surface area contributed by atoms with Crippen LogP contribution in [0.4, 0.5) is 0 Å². The highest BCUT2D eigenvalue weighted by molar-refractivity contribution is 7.87. The van der Waals surface area contributed by atoms with Crippen molar-refractivity contribution in [1.29, 1.82) is 0 Å². The van der Waals surface area contributed by atoms with Crippen molar-refractivity contribution in [3.63, 3.8) is 0 Å². The van der Waals surface area contributed by atoms with Crippen LogP contribution in [0.1, 0.15) is 6.42 Å². The normalized spacial score (nSPS) is 23.2. The molecular formula is C6H5N3O9S. The molecule has 0 saturated carbocycles. The lowest BCUT2D eigenvalue weighted by molar-refractivity contribution is -0.572. The molecular weight excluding hydrogens is 290 g/mol. The zero-order chi connectivity index (χ0) is 15.0. The molecule has 1 N–H and O–H groups in total. The molecule has 1 aliphatic carbocycles. The van der Waals surface area contributed by atoms with Crippen molar-refractivity contribution in [3.8, 4) is 0 Å². The van der Waals surface area contributed by atoms with Gasteiger partial charge < -0.3 is 0 Å². The molecule has 1 aliphatic rings. The van der Waals surface area contributed by atoms with Gasteiger partial charge in [-0.05, 0) is 0 Å². The molecule has 0 bridgehead atoms. The summed E-state index contributed by atoms with van der Waals surface area (Å²) < 4.78 is 31.1. The fourth-order valence-corrected chi connectivity index (χ4v) is 2.36. The summed E-state index contributed by atoms with van der Waals surface area (Å²) in [5.41, 5.74) is -2.46. The van der Waals surface area contributed by atoms with Gasteiger partial charge in [0.1, 0.15) is 0 Å². The Bertz CT molecular complexity index is 632. The monoisotopic (exact) mass is 295 g/mol. The average Bonchev–Trinajstić information content (AvgIpc) is 2.25. The fraction of sp³-hybridized carbons (Fsp3) is 0.333. The second-order valence-corrected chi connectivity index (χ2v) is 5.02. The topological polar surface area (TPSA) is 184 Å². The Morgan fingerprint density at radius 2 is 1.68 bits per heavy atom. The summed E-state index contributed by atoms with van der Waals surface area (Å²) in [6.45, 7) is 0. The van der Waals surface area contributed by atoms with E-state index in [1.807, 2.05) is 0 Å². The minimum atomic E-state index is -5.51. The Morgan fingerprint density at radius 3 is 2.00 bits per heavy atom. The largest absolute Gasteiger partial charge is 0.433 e. The average molecular weight is 295 g/mol. The minimum Gasteiger partial charge on any atom is -0.280 e. The maximum absolute atomic E-state index is 11.1. The summed E-state index contributed by atoms with van der Waals surface area (Å²) in [4.78, 5) is 24.4. The molecule has 0 aliphatic heterocycles. The highest BCUT2D eigenvalue weighted by atomic mass is 32.2. The van der Waals surface area contributed by atoms with Crippen LogP contribution in [0.25, 0.3) is 0 Å². The van der Waals surface area contributed by atoms with E-state index < -0.39 is 47.6 Å². The van der Waals surface area contributed by atoms with Crippen molar-refractivity contribution in [3.05, 3.63) is 53.9 Å². The van der Waals surface area contributed by atoms with Crippen molar-refractivity contribution in [2.75, 3.05) is 0 Å². The predicted molar refractivity (Wildman–Crippen MR) is 56.0 cm³/mol. The summed E-state index contributed by atoms with van der Waals surface area (Å²) >= 11 is 0. The molecule has 0 radical (unpaired) electrons. The molecule has 104 valence electrons. The van der Waals surface area contributed by atoms with Gasteiger partial charge in [-0.25, -0.2) is 0 Å². The Labute approximate surface area is 104 Å². The van der Waals surface area contributed by atoms with Gasteiger partial charge >= 0.3 is 20.7 Å². The standard InChI is InChI=1S/C6H5N3O9S/c10-7(11)4-1-2-6(9(14)15,19(16,17)18)5(3-4)8(12)13/h1,3H,2H2,(H,16,17,18). The molecule has 0 fully saturated rings. The molecule has 1 unspecified atom stereocenters. The van der Waals surface area contributed by atoms with Gasteiger partial charge in [0.25, 0.3) is 5.70 Å². The second-order valence-electron chi connectivity index (χ2n) is 3.39. The third-order valence-electron chi connectivity index (χ3n) is 2.40. The van der Waals surface area contributed by atoms with Gasteiger partial charge in [0.15, 0.2) is 0 Å². The van der Waals surface area contributed by atoms with E-state index in [2.05, 4.69) is 0 Å². The van der Waals surface area contributed by atoms with Gasteiger partial charge in [0.2, 0.25) is 0 Å². The fourth-order valence-electron chi connectivity index (χ4n) is 1.48. The Kier molecular flexibility index (Phi) is 3.36. The molecule has 13 heteroatoms. The molecule has 0 amide bonds. The van der Waals surface area contributed by atoms with E-state index >= 15 is 0 Å². The van der Waals surface area contributed by atoms with Crippen molar-refractivity contribution >= 4 is 10.1 Å². The van der Waals surface area contributed by atoms with Crippen LogP contribution in [-0.4, -0.2) is 32.6 Å².